The van der Waals surface area contributed by atoms with E-state index >= 15 is 0 Å². The number of fused-ring (bicyclic) bond motifs is 5. The second kappa shape index (κ2) is 3.79. The number of rotatable bonds is 0. The molecule has 2 aromatic carbocycles. The van der Waals surface area contributed by atoms with E-state index in [1.807, 2.05) is 0 Å². The van der Waals surface area contributed by atoms with Gasteiger partial charge < -0.3 is 4.42 Å². The molecule has 0 radical (unpaired) electrons. The number of hydrogen-bond acceptors (Lipinski definition) is 2. The molecule has 0 amide bonds. The molecule has 0 bridgehead atoms. The van der Waals surface area contributed by atoms with E-state index < -0.39 is 0 Å². The van der Waals surface area contributed by atoms with E-state index in [-0.39, 0.29) is 0 Å². The Morgan fingerprint density at radius 3 is 2.53 bits per heavy atom. The van der Waals surface area contributed by atoms with Gasteiger partial charge in [-0.1, -0.05) is 12.1 Å². The SMILES string of the molecule is Cc1ccc2c(c1)npc1c3ccc(C)cc3oc21. The predicted octanol–water partition coefficient (Wildman–Crippen LogP) is 5.33. The molecule has 19 heavy (non-hydrogen) atoms. The van der Waals surface area contributed by atoms with Gasteiger partial charge in [0.25, 0.3) is 0 Å². The zero-order chi connectivity index (χ0) is 13.0. The molecule has 2 aromatic heterocycles. The molecule has 2 heterocycles. The van der Waals surface area contributed by atoms with Crippen molar-refractivity contribution in [1.82, 2.24) is 4.75 Å². The average Bonchev–Trinajstić information content (AvgIpc) is 2.75. The van der Waals surface area contributed by atoms with E-state index in [9.17, 15) is 0 Å². The van der Waals surface area contributed by atoms with Gasteiger partial charge in [-0.15, -0.1) is 0 Å². The molecule has 4 rings (SSSR count). The lowest BCUT2D eigenvalue weighted by Crippen LogP contribution is -1.77. The molecule has 3 heteroatoms. The fraction of sp³-hybridized carbons (Fsp3) is 0.125. The summed E-state index contributed by atoms with van der Waals surface area (Å²) in [6, 6.07) is 12.7. The highest BCUT2D eigenvalue weighted by Gasteiger charge is 2.11. The standard InChI is InChI=1S/C16H12NOP/c1-9-3-5-11-13(7-9)17-19-16-12-6-4-10(2)8-14(12)18-15(11)16/h3-8H,1-2H3. The monoisotopic (exact) mass is 265 g/mol. The molecule has 4 aromatic rings. The molecule has 2 nitrogen and oxygen atoms in total. The number of furan rings is 1. The average molecular weight is 265 g/mol. The minimum atomic E-state index is 0.959. The van der Waals surface area contributed by atoms with Gasteiger partial charge in [0.2, 0.25) is 0 Å². The quantitative estimate of drug-likeness (QED) is 0.429. The molecule has 0 N–H and O–H groups in total. The van der Waals surface area contributed by atoms with Crippen molar-refractivity contribution in [2.24, 2.45) is 0 Å². The zero-order valence-electron chi connectivity index (χ0n) is 10.8. The highest BCUT2D eigenvalue weighted by Crippen LogP contribution is 2.37. The third-order valence-corrected chi connectivity index (χ3v) is 4.43. The van der Waals surface area contributed by atoms with Crippen LogP contribution in [0.1, 0.15) is 11.1 Å². The minimum absolute atomic E-state index is 0.959. The van der Waals surface area contributed by atoms with Crippen LogP contribution in [-0.2, 0) is 0 Å². The van der Waals surface area contributed by atoms with Crippen molar-refractivity contribution in [3.63, 3.8) is 0 Å². The Labute approximate surface area is 112 Å². The van der Waals surface area contributed by atoms with Crippen molar-refractivity contribution in [1.29, 1.82) is 0 Å². The van der Waals surface area contributed by atoms with Crippen LogP contribution >= 0.6 is 8.35 Å². The summed E-state index contributed by atoms with van der Waals surface area (Å²) in [6.45, 7) is 4.17. The molecular weight excluding hydrogens is 253 g/mol. The fourth-order valence-corrected chi connectivity index (χ4v) is 3.41. The smallest absolute Gasteiger partial charge is 0.150 e. The van der Waals surface area contributed by atoms with Crippen LogP contribution in [0.25, 0.3) is 32.6 Å². The molecule has 0 saturated carbocycles. The van der Waals surface area contributed by atoms with Crippen LogP contribution in [0.4, 0.5) is 0 Å². The van der Waals surface area contributed by atoms with Crippen molar-refractivity contribution in [3.8, 4) is 0 Å². The molecule has 0 aliphatic carbocycles. The third-order valence-electron chi connectivity index (χ3n) is 3.47. The van der Waals surface area contributed by atoms with Crippen LogP contribution in [0.3, 0.4) is 0 Å². The van der Waals surface area contributed by atoms with Crippen LogP contribution in [0.15, 0.2) is 40.8 Å². The molecule has 0 saturated heterocycles. The first kappa shape index (κ1) is 11.0. The van der Waals surface area contributed by atoms with E-state index in [0.717, 1.165) is 30.4 Å². The van der Waals surface area contributed by atoms with Gasteiger partial charge in [-0.2, -0.15) is 0 Å². The van der Waals surface area contributed by atoms with E-state index in [0.29, 0.717) is 0 Å². The Balaban J connectivity index is 2.24. The van der Waals surface area contributed by atoms with Crippen LogP contribution in [-0.4, -0.2) is 4.75 Å². The molecule has 0 aliphatic heterocycles. The highest BCUT2D eigenvalue weighted by molar-refractivity contribution is 7.33. The Morgan fingerprint density at radius 1 is 0.947 bits per heavy atom. The van der Waals surface area contributed by atoms with Gasteiger partial charge in [0.1, 0.15) is 5.58 Å². The zero-order valence-corrected chi connectivity index (χ0v) is 11.7. The van der Waals surface area contributed by atoms with Crippen molar-refractivity contribution in [2.45, 2.75) is 13.8 Å². The second-order valence-corrected chi connectivity index (χ2v) is 5.85. The van der Waals surface area contributed by atoms with Crippen molar-refractivity contribution in [2.75, 3.05) is 0 Å². The summed E-state index contributed by atoms with van der Waals surface area (Å²) in [5.41, 5.74) is 5.42. The van der Waals surface area contributed by atoms with Gasteiger partial charge in [0.15, 0.2) is 5.58 Å². The lowest BCUT2D eigenvalue weighted by Gasteiger charge is -1.98. The van der Waals surface area contributed by atoms with Crippen molar-refractivity contribution < 1.29 is 4.42 Å². The molecule has 0 aliphatic rings. The summed E-state index contributed by atoms with van der Waals surface area (Å²) in [5.74, 6) is 0. The number of aryl methyl sites for hydroxylation is 2. The highest BCUT2D eigenvalue weighted by atomic mass is 31.0. The summed E-state index contributed by atoms with van der Waals surface area (Å²) in [5, 5.41) is 3.47. The van der Waals surface area contributed by atoms with Gasteiger partial charge >= 0.3 is 0 Å². The number of benzene rings is 2. The van der Waals surface area contributed by atoms with E-state index in [1.54, 1.807) is 0 Å². The summed E-state index contributed by atoms with van der Waals surface area (Å²) in [7, 11) is 0.978. The van der Waals surface area contributed by atoms with E-state index in [2.05, 4.69) is 55.0 Å². The predicted molar refractivity (Wildman–Crippen MR) is 81.0 cm³/mol. The maximum Gasteiger partial charge on any atom is 0.150 e. The third kappa shape index (κ3) is 1.57. The Kier molecular flexibility index (Phi) is 2.18. The van der Waals surface area contributed by atoms with Gasteiger partial charge in [0, 0.05) is 10.8 Å². The molecule has 0 fully saturated rings. The second-order valence-electron chi connectivity index (χ2n) is 5.00. The Hall–Kier alpha value is -1.92. The van der Waals surface area contributed by atoms with Gasteiger partial charge in [0.05, 0.1) is 19.0 Å². The van der Waals surface area contributed by atoms with E-state index in [4.69, 9.17) is 4.42 Å². The Morgan fingerprint density at radius 2 is 1.68 bits per heavy atom. The topological polar surface area (TPSA) is 26.0 Å². The summed E-state index contributed by atoms with van der Waals surface area (Å²) < 4.78 is 10.7. The Bertz CT molecular complexity index is 940. The van der Waals surface area contributed by atoms with Crippen LogP contribution in [0, 0.1) is 13.8 Å². The van der Waals surface area contributed by atoms with Crippen LogP contribution in [0.5, 0.6) is 0 Å². The summed E-state index contributed by atoms with van der Waals surface area (Å²) >= 11 is 0. The number of aromatic nitrogens is 1. The molecule has 0 spiro atoms. The minimum Gasteiger partial charge on any atom is -0.455 e. The summed E-state index contributed by atoms with van der Waals surface area (Å²) in [4.78, 5) is 0. The lowest BCUT2D eigenvalue weighted by atomic mass is 10.1. The van der Waals surface area contributed by atoms with E-state index in [1.165, 1.54) is 21.6 Å². The van der Waals surface area contributed by atoms with Crippen LogP contribution in [0.2, 0.25) is 0 Å². The first-order valence-electron chi connectivity index (χ1n) is 6.28. The molecule has 0 unspecified atom stereocenters. The van der Waals surface area contributed by atoms with Crippen LogP contribution < -0.4 is 0 Å². The summed E-state index contributed by atoms with van der Waals surface area (Å²) in [6.07, 6.45) is 0. The van der Waals surface area contributed by atoms with Gasteiger partial charge in [-0.05, 0) is 49.2 Å². The van der Waals surface area contributed by atoms with Gasteiger partial charge in [-0.25, -0.2) is 4.75 Å². The maximum absolute atomic E-state index is 6.07. The van der Waals surface area contributed by atoms with Crippen molar-refractivity contribution in [3.05, 3.63) is 47.5 Å². The fourth-order valence-electron chi connectivity index (χ4n) is 2.49. The number of hydrogen-bond donors (Lipinski definition) is 0. The van der Waals surface area contributed by atoms with Crippen molar-refractivity contribution >= 4 is 40.9 Å². The normalized spacial score (nSPS) is 12.1. The maximum atomic E-state index is 6.07. The number of nitrogens with zero attached hydrogens (tertiary/aromatic N) is 1. The van der Waals surface area contributed by atoms with Gasteiger partial charge in [-0.3, -0.25) is 0 Å². The first-order valence-corrected chi connectivity index (χ1v) is 7.13. The first-order chi connectivity index (χ1) is 9.22. The molecular formula is C16H12NOP. The molecule has 0 atom stereocenters. The molecule has 92 valence electrons. The largest absolute Gasteiger partial charge is 0.455 e. The lowest BCUT2D eigenvalue weighted by molar-refractivity contribution is 0.672.